The molecule has 0 aromatic rings. The number of carboxylic acid groups (broad SMARTS) is 1. The molecule has 0 spiro atoms. The Morgan fingerprint density at radius 3 is 2.36 bits per heavy atom. The zero-order valence-electron chi connectivity index (χ0n) is 8.42. The quantitative estimate of drug-likeness (QED) is 0.630. The molecule has 1 saturated carbocycles. The van der Waals surface area contributed by atoms with Crippen molar-refractivity contribution in [2.24, 2.45) is 0 Å². The van der Waals surface area contributed by atoms with Gasteiger partial charge in [-0.3, -0.25) is 0 Å². The van der Waals surface area contributed by atoms with E-state index in [9.17, 15) is 9.90 Å². The van der Waals surface area contributed by atoms with Crippen LogP contribution < -0.4 is 5.32 Å². The highest BCUT2D eigenvalue weighted by atomic mass is 16.4. The molecular formula is C10H17NO3. The van der Waals surface area contributed by atoms with Crippen LogP contribution in [0, 0.1) is 0 Å². The molecule has 0 heterocycles. The van der Waals surface area contributed by atoms with Gasteiger partial charge < -0.3 is 15.5 Å². The second-order valence-electron chi connectivity index (χ2n) is 4.02. The predicted octanol–water partition coefficient (Wildman–Crippen LogP) is 0.868. The van der Waals surface area contributed by atoms with E-state index in [0.717, 1.165) is 0 Å². The van der Waals surface area contributed by atoms with Gasteiger partial charge in [0.15, 0.2) is 0 Å². The summed E-state index contributed by atoms with van der Waals surface area (Å²) in [6.07, 6.45) is 1.63. The lowest BCUT2D eigenvalue weighted by Crippen LogP contribution is -2.53. The summed E-state index contributed by atoms with van der Waals surface area (Å²) in [5, 5.41) is 21.4. The second-order valence-corrected chi connectivity index (χ2v) is 4.02. The van der Waals surface area contributed by atoms with Gasteiger partial charge in [0.05, 0.1) is 6.10 Å². The molecule has 0 atom stereocenters. The van der Waals surface area contributed by atoms with Gasteiger partial charge in [0, 0.05) is 5.70 Å². The van der Waals surface area contributed by atoms with E-state index >= 15 is 0 Å². The minimum atomic E-state index is -0.912. The molecule has 1 aliphatic carbocycles. The van der Waals surface area contributed by atoms with Crippen molar-refractivity contribution in [2.75, 3.05) is 0 Å². The first-order valence-corrected chi connectivity index (χ1v) is 4.81. The van der Waals surface area contributed by atoms with Gasteiger partial charge in [-0.25, -0.2) is 4.79 Å². The van der Waals surface area contributed by atoms with Crippen molar-refractivity contribution in [2.45, 2.75) is 44.2 Å². The molecule has 0 bridgehead atoms. The fraction of sp³-hybridized carbons (Fsp3) is 0.700. The number of nitrogens with one attached hydrogen (secondary N) is 1. The summed E-state index contributed by atoms with van der Waals surface area (Å²) < 4.78 is 0. The number of aliphatic hydroxyl groups excluding tert-OH is 1. The van der Waals surface area contributed by atoms with E-state index in [0.29, 0.717) is 31.4 Å². The van der Waals surface area contributed by atoms with Crippen molar-refractivity contribution < 1.29 is 15.0 Å². The number of aliphatic hydroxyl groups is 1. The van der Waals surface area contributed by atoms with Crippen molar-refractivity contribution in [3.8, 4) is 0 Å². The molecule has 0 aliphatic heterocycles. The summed E-state index contributed by atoms with van der Waals surface area (Å²) in [7, 11) is 0. The molecule has 80 valence electrons. The Hall–Kier alpha value is -1.03. The molecule has 1 rings (SSSR count). The Labute approximate surface area is 83.6 Å². The van der Waals surface area contributed by atoms with Crippen LogP contribution in [0.3, 0.4) is 0 Å². The number of rotatable bonds is 3. The molecule has 0 unspecified atom stereocenters. The smallest absolute Gasteiger partial charge is 0.329 e. The molecule has 1 aliphatic rings. The van der Waals surface area contributed by atoms with Crippen molar-refractivity contribution in [3.63, 3.8) is 0 Å². The minimum absolute atomic E-state index is 0.352. The predicted molar refractivity (Wildman–Crippen MR) is 52.8 cm³/mol. The summed E-state index contributed by atoms with van der Waals surface area (Å²) in [5.41, 5.74) is -0.255. The Morgan fingerprint density at radius 1 is 1.50 bits per heavy atom. The Kier molecular flexibility index (Phi) is 3.16. The van der Waals surface area contributed by atoms with Gasteiger partial charge in [-0.15, -0.1) is 0 Å². The lowest BCUT2D eigenvalue weighted by molar-refractivity contribution is -0.146. The fourth-order valence-corrected chi connectivity index (χ4v) is 1.90. The van der Waals surface area contributed by atoms with E-state index in [1.807, 2.05) is 0 Å². The van der Waals surface area contributed by atoms with Crippen LogP contribution in [0.15, 0.2) is 12.3 Å². The molecule has 0 amide bonds. The topological polar surface area (TPSA) is 69.6 Å². The van der Waals surface area contributed by atoms with Crippen LogP contribution in [-0.4, -0.2) is 27.8 Å². The van der Waals surface area contributed by atoms with Crippen molar-refractivity contribution >= 4 is 5.97 Å². The molecule has 0 aromatic carbocycles. The SMILES string of the molecule is C=C(C)NC1(C(=O)O)CCC(O)CC1. The van der Waals surface area contributed by atoms with E-state index in [-0.39, 0.29) is 6.10 Å². The third-order valence-corrected chi connectivity index (χ3v) is 2.67. The van der Waals surface area contributed by atoms with Gasteiger partial charge in [0.25, 0.3) is 0 Å². The molecule has 0 saturated heterocycles. The van der Waals surface area contributed by atoms with Crippen LogP contribution in [0.5, 0.6) is 0 Å². The molecular weight excluding hydrogens is 182 g/mol. The van der Waals surface area contributed by atoms with Crippen molar-refractivity contribution in [1.29, 1.82) is 0 Å². The first-order valence-electron chi connectivity index (χ1n) is 4.81. The van der Waals surface area contributed by atoms with Crippen LogP contribution in [-0.2, 0) is 4.79 Å². The van der Waals surface area contributed by atoms with E-state index in [4.69, 9.17) is 5.11 Å². The molecule has 3 N–H and O–H groups in total. The lowest BCUT2D eigenvalue weighted by atomic mass is 9.80. The third kappa shape index (κ3) is 2.26. The third-order valence-electron chi connectivity index (χ3n) is 2.67. The average molecular weight is 199 g/mol. The minimum Gasteiger partial charge on any atom is -0.480 e. The summed E-state index contributed by atoms with van der Waals surface area (Å²) in [4.78, 5) is 11.1. The molecule has 4 nitrogen and oxygen atoms in total. The number of aliphatic carboxylic acids is 1. The number of hydrogen-bond donors (Lipinski definition) is 3. The van der Waals surface area contributed by atoms with Crippen LogP contribution in [0.4, 0.5) is 0 Å². The fourth-order valence-electron chi connectivity index (χ4n) is 1.90. The number of allylic oxidation sites excluding steroid dienone is 1. The molecule has 0 radical (unpaired) electrons. The maximum atomic E-state index is 11.1. The lowest BCUT2D eigenvalue weighted by Gasteiger charge is -2.36. The van der Waals surface area contributed by atoms with Gasteiger partial charge in [0.2, 0.25) is 0 Å². The van der Waals surface area contributed by atoms with Crippen LogP contribution >= 0.6 is 0 Å². The molecule has 4 heteroatoms. The highest BCUT2D eigenvalue weighted by Gasteiger charge is 2.41. The van der Waals surface area contributed by atoms with E-state index in [1.54, 1.807) is 6.92 Å². The number of hydrogen-bond acceptors (Lipinski definition) is 3. The van der Waals surface area contributed by atoms with Crippen LogP contribution in [0.2, 0.25) is 0 Å². The molecule has 14 heavy (non-hydrogen) atoms. The van der Waals surface area contributed by atoms with E-state index < -0.39 is 11.5 Å². The Bertz CT molecular complexity index is 242. The maximum Gasteiger partial charge on any atom is 0.329 e. The molecule has 0 aromatic heterocycles. The van der Waals surface area contributed by atoms with Crippen LogP contribution in [0.1, 0.15) is 32.6 Å². The average Bonchev–Trinajstić information content (AvgIpc) is 2.08. The zero-order chi connectivity index (χ0) is 10.8. The van der Waals surface area contributed by atoms with Gasteiger partial charge in [-0.2, -0.15) is 0 Å². The second kappa shape index (κ2) is 4.00. The first kappa shape index (κ1) is 11.0. The largest absolute Gasteiger partial charge is 0.480 e. The standard InChI is InChI=1S/C10H17NO3/c1-7(2)11-10(9(13)14)5-3-8(12)4-6-10/h8,11-12H,1,3-6H2,2H3,(H,13,14). The maximum absolute atomic E-state index is 11.1. The number of carbonyl (C=O) groups is 1. The van der Waals surface area contributed by atoms with Gasteiger partial charge in [0.1, 0.15) is 5.54 Å². The zero-order valence-corrected chi connectivity index (χ0v) is 8.42. The van der Waals surface area contributed by atoms with Crippen LogP contribution in [0.25, 0.3) is 0 Å². The summed E-state index contributed by atoms with van der Waals surface area (Å²) in [5.74, 6) is -0.854. The summed E-state index contributed by atoms with van der Waals surface area (Å²) in [6, 6.07) is 0. The summed E-state index contributed by atoms with van der Waals surface area (Å²) in [6.45, 7) is 5.40. The Morgan fingerprint density at radius 2 is 2.00 bits per heavy atom. The highest BCUT2D eigenvalue weighted by Crippen LogP contribution is 2.29. The van der Waals surface area contributed by atoms with Gasteiger partial charge in [-0.05, 0) is 32.6 Å². The molecule has 1 fully saturated rings. The van der Waals surface area contributed by atoms with E-state index in [2.05, 4.69) is 11.9 Å². The monoisotopic (exact) mass is 199 g/mol. The Balaban J connectivity index is 2.73. The van der Waals surface area contributed by atoms with Gasteiger partial charge >= 0.3 is 5.97 Å². The summed E-state index contributed by atoms with van der Waals surface area (Å²) >= 11 is 0. The number of carboxylic acids is 1. The van der Waals surface area contributed by atoms with Crippen molar-refractivity contribution in [3.05, 3.63) is 12.3 Å². The first-order chi connectivity index (χ1) is 6.46. The highest BCUT2D eigenvalue weighted by molar-refractivity contribution is 5.79. The van der Waals surface area contributed by atoms with E-state index in [1.165, 1.54) is 0 Å². The van der Waals surface area contributed by atoms with Gasteiger partial charge in [-0.1, -0.05) is 6.58 Å². The normalized spacial score (nSPS) is 32.3. The van der Waals surface area contributed by atoms with Crippen molar-refractivity contribution in [1.82, 2.24) is 5.32 Å².